The van der Waals surface area contributed by atoms with E-state index >= 15 is 0 Å². The van der Waals surface area contributed by atoms with Crippen molar-refractivity contribution in [1.29, 1.82) is 0 Å². The van der Waals surface area contributed by atoms with Crippen molar-refractivity contribution in [2.24, 2.45) is 5.41 Å². The second-order valence-electron chi connectivity index (χ2n) is 10.4. The highest BCUT2D eigenvalue weighted by molar-refractivity contribution is 5.96. The highest BCUT2D eigenvalue weighted by Gasteiger charge is 2.39. The molecule has 0 spiro atoms. The highest BCUT2D eigenvalue weighted by atomic mass is 16.5. The maximum Gasteiger partial charge on any atom is 0.330 e. The van der Waals surface area contributed by atoms with Gasteiger partial charge in [0.05, 0.1) is 25.3 Å². The first-order chi connectivity index (χ1) is 18.8. The van der Waals surface area contributed by atoms with Crippen LogP contribution in [0.2, 0.25) is 0 Å². The average molecular weight is 527 g/mol. The topological polar surface area (TPSA) is 67.9 Å². The van der Waals surface area contributed by atoms with E-state index in [-0.39, 0.29) is 5.91 Å². The zero-order valence-corrected chi connectivity index (χ0v) is 23.3. The van der Waals surface area contributed by atoms with Crippen LogP contribution in [0.15, 0.2) is 72.8 Å². The van der Waals surface area contributed by atoms with Crippen LogP contribution in [0.4, 0.5) is 11.4 Å². The Morgan fingerprint density at radius 1 is 0.923 bits per heavy atom. The van der Waals surface area contributed by atoms with Gasteiger partial charge in [-0.05, 0) is 71.9 Å². The molecule has 3 aromatic carbocycles. The molecule has 204 valence electrons. The second kappa shape index (κ2) is 12.7. The number of carbonyl (C=O) groups excluding carboxylic acids is 2. The van der Waals surface area contributed by atoms with Gasteiger partial charge in [0.2, 0.25) is 5.91 Å². The zero-order chi connectivity index (χ0) is 27.8. The number of hydrogen-bond acceptors (Lipinski definition) is 5. The van der Waals surface area contributed by atoms with Crippen LogP contribution in [-0.2, 0) is 20.7 Å². The summed E-state index contributed by atoms with van der Waals surface area (Å²) in [4.78, 5) is 27.2. The summed E-state index contributed by atoms with van der Waals surface area (Å²) >= 11 is 0. The van der Waals surface area contributed by atoms with Gasteiger partial charge in [-0.2, -0.15) is 0 Å². The summed E-state index contributed by atoms with van der Waals surface area (Å²) in [6, 6.07) is 22.3. The van der Waals surface area contributed by atoms with Crippen LogP contribution in [0, 0.1) is 5.41 Å². The van der Waals surface area contributed by atoms with Crippen molar-refractivity contribution in [2.45, 2.75) is 38.5 Å². The molecule has 0 aromatic heterocycles. The van der Waals surface area contributed by atoms with Crippen LogP contribution in [0.1, 0.15) is 43.2 Å². The Balaban J connectivity index is 1.52. The van der Waals surface area contributed by atoms with Crippen LogP contribution < -0.4 is 15.0 Å². The largest absolute Gasteiger partial charge is 0.495 e. The summed E-state index contributed by atoms with van der Waals surface area (Å²) in [7, 11) is 7.05. The first-order valence-electron chi connectivity index (χ1n) is 13.5. The molecule has 1 aliphatic carbocycles. The summed E-state index contributed by atoms with van der Waals surface area (Å²) in [6.45, 7) is 0. The van der Waals surface area contributed by atoms with E-state index in [9.17, 15) is 9.59 Å². The van der Waals surface area contributed by atoms with E-state index in [0.717, 1.165) is 71.5 Å². The summed E-state index contributed by atoms with van der Waals surface area (Å²) in [5.74, 6) is 0.481. The van der Waals surface area contributed by atoms with Crippen LogP contribution in [0.25, 0.3) is 17.2 Å². The van der Waals surface area contributed by atoms with Gasteiger partial charge in [-0.15, -0.1) is 0 Å². The van der Waals surface area contributed by atoms with E-state index in [1.165, 1.54) is 13.2 Å². The molecule has 0 saturated heterocycles. The molecule has 6 nitrogen and oxygen atoms in total. The first-order valence-corrected chi connectivity index (χ1v) is 13.5. The highest BCUT2D eigenvalue weighted by Crippen LogP contribution is 2.41. The van der Waals surface area contributed by atoms with Crippen LogP contribution in [0.3, 0.4) is 0 Å². The monoisotopic (exact) mass is 526 g/mol. The number of nitrogens with zero attached hydrogens (tertiary/aromatic N) is 1. The smallest absolute Gasteiger partial charge is 0.330 e. The molecule has 6 heteroatoms. The lowest BCUT2D eigenvalue weighted by Gasteiger charge is -2.36. The molecule has 1 amide bonds. The van der Waals surface area contributed by atoms with Crippen molar-refractivity contribution in [2.75, 3.05) is 38.5 Å². The van der Waals surface area contributed by atoms with E-state index in [1.807, 2.05) is 43.3 Å². The van der Waals surface area contributed by atoms with Gasteiger partial charge in [0.1, 0.15) is 5.75 Å². The van der Waals surface area contributed by atoms with Gasteiger partial charge in [0.25, 0.3) is 0 Å². The normalized spacial score (nSPS) is 14.6. The number of esters is 1. The third-order valence-electron chi connectivity index (χ3n) is 7.54. The molecule has 0 heterocycles. The predicted octanol–water partition coefficient (Wildman–Crippen LogP) is 6.75. The van der Waals surface area contributed by atoms with Crippen molar-refractivity contribution < 1.29 is 19.1 Å². The van der Waals surface area contributed by atoms with Gasteiger partial charge in [-0.3, -0.25) is 4.79 Å². The van der Waals surface area contributed by atoms with Crippen molar-refractivity contribution in [1.82, 2.24) is 0 Å². The van der Waals surface area contributed by atoms with E-state index in [2.05, 4.69) is 52.5 Å². The van der Waals surface area contributed by atoms with Crippen molar-refractivity contribution in [3.8, 4) is 16.9 Å². The van der Waals surface area contributed by atoms with E-state index in [4.69, 9.17) is 4.74 Å². The fourth-order valence-electron chi connectivity index (χ4n) is 5.36. The molecule has 0 bridgehead atoms. The third-order valence-corrected chi connectivity index (χ3v) is 7.54. The third kappa shape index (κ3) is 6.88. The van der Waals surface area contributed by atoms with Gasteiger partial charge in [-0.25, -0.2) is 4.79 Å². The van der Waals surface area contributed by atoms with E-state index < -0.39 is 11.4 Å². The molecular weight excluding hydrogens is 488 g/mol. The Hall–Kier alpha value is -4.06. The van der Waals surface area contributed by atoms with Gasteiger partial charge < -0.3 is 19.7 Å². The van der Waals surface area contributed by atoms with Gasteiger partial charge in [0, 0.05) is 25.9 Å². The van der Waals surface area contributed by atoms with Gasteiger partial charge >= 0.3 is 5.97 Å². The lowest BCUT2D eigenvalue weighted by Crippen LogP contribution is -2.40. The second-order valence-corrected chi connectivity index (χ2v) is 10.4. The van der Waals surface area contributed by atoms with Crippen LogP contribution in [-0.4, -0.2) is 40.2 Å². The average Bonchev–Trinajstić information content (AvgIpc) is 2.96. The van der Waals surface area contributed by atoms with E-state index in [0.29, 0.717) is 6.42 Å². The first kappa shape index (κ1) is 28.0. The van der Waals surface area contributed by atoms with Crippen molar-refractivity contribution in [3.63, 3.8) is 0 Å². The van der Waals surface area contributed by atoms with Gasteiger partial charge in [-0.1, -0.05) is 61.7 Å². The predicted molar refractivity (Wildman–Crippen MR) is 158 cm³/mol. The lowest BCUT2D eigenvalue weighted by molar-refractivity contribution is -0.134. The summed E-state index contributed by atoms with van der Waals surface area (Å²) in [5.41, 5.74) is 5.49. The maximum atomic E-state index is 13.7. The SMILES string of the molecule is COC(=O)/C=C/c1cccc(NC(=O)C2(Cc3ccc(-c4ccc(N(C)C)c(OC)c4)cc3)CCCCC2)c1. The molecular formula is C33H38N2O4. The number of benzene rings is 3. The number of methoxy groups -OCH3 is 2. The van der Waals surface area contributed by atoms with Crippen molar-refractivity contribution >= 4 is 29.3 Å². The molecule has 0 unspecified atom stereocenters. The molecule has 4 rings (SSSR count). The number of rotatable bonds is 9. The Morgan fingerprint density at radius 2 is 1.64 bits per heavy atom. The Labute approximate surface area is 231 Å². The quantitative estimate of drug-likeness (QED) is 0.247. The molecule has 0 atom stereocenters. The molecule has 0 aliphatic heterocycles. The number of nitrogens with one attached hydrogen (secondary N) is 1. The minimum absolute atomic E-state index is 0.0596. The molecule has 0 radical (unpaired) electrons. The maximum absolute atomic E-state index is 13.7. The minimum atomic E-state index is -0.450. The number of hydrogen-bond donors (Lipinski definition) is 1. The number of amides is 1. The van der Waals surface area contributed by atoms with Crippen molar-refractivity contribution in [3.05, 3.63) is 83.9 Å². The lowest BCUT2D eigenvalue weighted by atomic mass is 9.69. The van der Waals surface area contributed by atoms with Crippen LogP contribution in [0.5, 0.6) is 5.75 Å². The fraction of sp³-hybridized carbons (Fsp3) is 0.333. The van der Waals surface area contributed by atoms with E-state index in [1.54, 1.807) is 13.2 Å². The summed E-state index contributed by atoms with van der Waals surface area (Å²) < 4.78 is 10.3. The standard InChI is InChI=1S/C33H38N2O4/c1-35(2)29-17-16-27(22-30(29)38-3)26-14-11-25(12-15-26)23-33(19-6-5-7-20-33)32(37)34-28-10-8-9-24(21-28)13-18-31(36)39-4/h8-18,21-22H,5-7,19-20,23H2,1-4H3,(H,34,37)/b18-13+. The molecule has 1 aliphatic rings. The zero-order valence-electron chi connectivity index (χ0n) is 23.3. The molecule has 1 saturated carbocycles. The Morgan fingerprint density at radius 3 is 2.31 bits per heavy atom. The summed E-state index contributed by atoms with van der Waals surface area (Å²) in [5, 5.41) is 3.17. The number of carbonyl (C=O) groups is 2. The fourth-order valence-corrected chi connectivity index (χ4v) is 5.36. The Kier molecular flexibility index (Phi) is 9.07. The number of anilines is 2. The molecule has 3 aromatic rings. The molecule has 39 heavy (non-hydrogen) atoms. The minimum Gasteiger partial charge on any atom is -0.495 e. The van der Waals surface area contributed by atoms with Crippen LogP contribution >= 0.6 is 0 Å². The molecule has 1 fully saturated rings. The number of ether oxygens (including phenoxy) is 2. The summed E-state index contributed by atoms with van der Waals surface area (Å²) in [6.07, 6.45) is 8.74. The van der Waals surface area contributed by atoms with Gasteiger partial charge in [0.15, 0.2) is 0 Å². The molecule has 1 N–H and O–H groups in total. The Bertz CT molecular complexity index is 1320.